The molecule has 0 radical (unpaired) electrons. The molecule has 0 N–H and O–H groups in total. The Morgan fingerprint density at radius 1 is 1.24 bits per heavy atom. The fourth-order valence-corrected chi connectivity index (χ4v) is 3.43. The van der Waals surface area contributed by atoms with Gasteiger partial charge >= 0.3 is 5.63 Å². The zero-order valence-corrected chi connectivity index (χ0v) is 14.7. The van der Waals surface area contributed by atoms with E-state index in [1.54, 1.807) is 6.07 Å². The van der Waals surface area contributed by atoms with E-state index in [1.165, 1.54) is 18.9 Å². The molecule has 3 heterocycles. The van der Waals surface area contributed by atoms with Crippen molar-refractivity contribution >= 4 is 17.0 Å². The van der Waals surface area contributed by atoms with Crippen LogP contribution in [-0.4, -0.2) is 36.7 Å². The summed E-state index contributed by atoms with van der Waals surface area (Å²) < 4.78 is 17.6. The highest BCUT2D eigenvalue weighted by molar-refractivity contribution is 5.91. The monoisotopic (exact) mass is 341 g/mol. The molecule has 0 atom stereocenters. The highest BCUT2D eigenvalue weighted by atomic mass is 16.5. The third-order valence-corrected chi connectivity index (χ3v) is 4.74. The van der Waals surface area contributed by atoms with Crippen LogP contribution in [0.4, 0.5) is 0 Å². The van der Waals surface area contributed by atoms with Gasteiger partial charge in [0.2, 0.25) is 0 Å². The van der Waals surface area contributed by atoms with Crippen molar-refractivity contribution in [2.75, 3.05) is 26.2 Å². The van der Waals surface area contributed by atoms with Crippen LogP contribution in [0.2, 0.25) is 0 Å². The number of ether oxygens (including phenoxy) is 2. The minimum Gasteiger partial charge on any atom is -0.488 e. The summed E-state index contributed by atoms with van der Waals surface area (Å²) in [5.41, 5.74) is 0.519. The molecule has 2 aliphatic heterocycles. The summed E-state index contributed by atoms with van der Waals surface area (Å²) >= 11 is 0. The van der Waals surface area contributed by atoms with Crippen molar-refractivity contribution in [2.45, 2.75) is 32.3 Å². The van der Waals surface area contributed by atoms with Crippen molar-refractivity contribution in [3.63, 3.8) is 0 Å². The number of benzene rings is 1. The number of hydrogen-bond acceptors (Lipinski definition) is 5. The second-order valence-corrected chi connectivity index (χ2v) is 7.23. The lowest BCUT2D eigenvalue weighted by Gasteiger charge is -2.29. The van der Waals surface area contributed by atoms with Gasteiger partial charge in [0.05, 0.1) is 5.56 Å². The fraction of sp³-hybridized carbons (Fsp3) is 0.450. The summed E-state index contributed by atoms with van der Waals surface area (Å²) in [6, 6.07) is 5.10. The first-order valence-electron chi connectivity index (χ1n) is 8.86. The van der Waals surface area contributed by atoms with Gasteiger partial charge in [-0.2, -0.15) is 0 Å². The van der Waals surface area contributed by atoms with E-state index in [1.807, 2.05) is 32.1 Å². The van der Waals surface area contributed by atoms with Crippen molar-refractivity contribution in [3.05, 3.63) is 40.3 Å². The maximum atomic E-state index is 11.6. The van der Waals surface area contributed by atoms with E-state index in [-0.39, 0.29) is 5.63 Å². The van der Waals surface area contributed by atoms with E-state index in [9.17, 15) is 4.79 Å². The van der Waals surface area contributed by atoms with Crippen LogP contribution in [0.1, 0.15) is 32.3 Å². The van der Waals surface area contributed by atoms with Crippen molar-refractivity contribution < 1.29 is 13.9 Å². The first-order valence-corrected chi connectivity index (χ1v) is 8.86. The summed E-state index contributed by atoms with van der Waals surface area (Å²) in [7, 11) is 0. The van der Waals surface area contributed by atoms with Gasteiger partial charge in [0.1, 0.15) is 17.8 Å². The van der Waals surface area contributed by atoms with Gasteiger partial charge < -0.3 is 13.9 Å². The Hall–Kier alpha value is -2.27. The minimum absolute atomic E-state index is 0.365. The van der Waals surface area contributed by atoms with Crippen LogP contribution in [0.5, 0.6) is 11.5 Å². The first kappa shape index (κ1) is 16.2. The Bertz CT molecular complexity index is 875. The summed E-state index contributed by atoms with van der Waals surface area (Å²) in [4.78, 5) is 14.0. The van der Waals surface area contributed by atoms with Crippen LogP contribution in [0.15, 0.2) is 33.5 Å². The van der Waals surface area contributed by atoms with Crippen molar-refractivity contribution in [1.82, 2.24) is 4.90 Å². The van der Waals surface area contributed by atoms with E-state index in [0.29, 0.717) is 23.7 Å². The van der Waals surface area contributed by atoms with Crippen molar-refractivity contribution in [2.24, 2.45) is 0 Å². The molecule has 0 amide bonds. The van der Waals surface area contributed by atoms with Gasteiger partial charge in [-0.15, -0.1) is 0 Å². The molecule has 4 rings (SSSR count). The number of hydrogen-bond donors (Lipinski definition) is 0. The molecule has 0 unspecified atom stereocenters. The summed E-state index contributed by atoms with van der Waals surface area (Å²) in [5.74, 6) is 1.35. The second-order valence-electron chi connectivity index (χ2n) is 7.23. The molecule has 0 saturated carbocycles. The normalized spacial score (nSPS) is 19.0. The second kappa shape index (κ2) is 6.23. The Balaban J connectivity index is 1.69. The molecule has 1 aromatic heterocycles. The Labute approximate surface area is 146 Å². The van der Waals surface area contributed by atoms with Crippen LogP contribution >= 0.6 is 0 Å². The lowest BCUT2D eigenvalue weighted by molar-refractivity contribution is 0.147. The molecule has 0 bridgehead atoms. The zero-order chi connectivity index (χ0) is 17.4. The van der Waals surface area contributed by atoms with Gasteiger partial charge in [0, 0.05) is 18.0 Å². The largest absolute Gasteiger partial charge is 0.488 e. The Morgan fingerprint density at radius 3 is 2.84 bits per heavy atom. The molecule has 0 spiro atoms. The maximum Gasteiger partial charge on any atom is 0.336 e. The molecule has 2 aromatic rings. The summed E-state index contributed by atoms with van der Waals surface area (Å²) in [5, 5.41) is 0.836. The zero-order valence-electron chi connectivity index (χ0n) is 14.7. The molecule has 1 aromatic carbocycles. The van der Waals surface area contributed by atoms with Gasteiger partial charge in [-0.3, -0.25) is 4.90 Å². The molecule has 5 nitrogen and oxygen atoms in total. The average molecular weight is 341 g/mol. The van der Waals surface area contributed by atoms with E-state index < -0.39 is 5.60 Å². The van der Waals surface area contributed by atoms with Crippen LogP contribution < -0.4 is 15.1 Å². The molecule has 25 heavy (non-hydrogen) atoms. The van der Waals surface area contributed by atoms with Crippen molar-refractivity contribution in [1.29, 1.82) is 0 Å². The molecule has 0 aliphatic carbocycles. The van der Waals surface area contributed by atoms with Gasteiger partial charge in [0.15, 0.2) is 11.5 Å². The predicted molar refractivity (Wildman–Crippen MR) is 97.4 cm³/mol. The molecule has 1 saturated heterocycles. The maximum absolute atomic E-state index is 11.6. The summed E-state index contributed by atoms with van der Waals surface area (Å²) in [6.45, 7) is 7.81. The fourth-order valence-electron chi connectivity index (χ4n) is 3.43. The molecule has 2 aliphatic rings. The highest BCUT2D eigenvalue weighted by Gasteiger charge is 2.27. The quantitative estimate of drug-likeness (QED) is 0.797. The van der Waals surface area contributed by atoms with Crippen LogP contribution in [0, 0.1) is 0 Å². The summed E-state index contributed by atoms with van der Waals surface area (Å²) in [6.07, 6.45) is 6.46. The topological polar surface area (TPSA) is 51.9 Å². The number of nitrogens with zero attached hydrogens (tertiary/aromatic N) is 1. The van der Waals surface area contributed by atoms with Gasteiger partial charge in [-0.1, -0.05) is 0 Å². The third-order valence-electron chi connectivity index (χ3n) is 4.74. The lowest BCUT2D eigenvalue weighted by Crippen LogP contribution is -2.28. The number of rotatable bonds is 4. The van der Waals surface area contributed by atoms with Gasteiger partial charge in [-0.25, -0.2) is 4.79 Å². The van der Waals surface area contributed by atoms with Gasteiger partial charge in [-0.05, 0) is 64.1 Å². The van der Waals surface area contributed by atoms with E-state index in [2.05, 4.69) is 4.90 Å². The number of fused-ring (bicyclic) bond motifs is 3. The van der Waals surface area contributed by atoms with Crippen LogP contribution in [0.3, 0.4) is 0 Å². The Morgan fingerprint density at radius 2 is 2.04 bits per heavy atom. The number of likely N-dealkylation sites (tertiary alicyclic amines) is 1. The molecular weight excluding hydrogens is 318 g/mol. The SMILES string of the molecule is CC1(C)C=Cc2c(c(OCCN3CCCC3)cc3ccc(=O)oc23)O1. The predicted octanol–water partition coefficient (Wildman–Crippen LogP) is 3.45. The average Bonchev–Trinajstić information content (AvgIpc) is 3.08. The first-order chi connectivity index (χ1) is 12.0. The molecule has 5 heteroatoms. The van der Waals surface area contributed by atoms with Crippen LogP contribution in [0.25, 0.3) is 17.0 Å². The van der Waals surface area contributed by atoms with Crippen molar-refractivity contribution in [3.8, 4) is 11.5 Å². The smallest absolute Gasteiger partial charge is 0.336 e. The molecule has 132 valence electrons. The highest BCUT2D eigenvalue weighted by Crippen LogP contribution is 2.43. The van der Waals surface area contributed by atoms with E-state index in [4.69, 9.17) is 13.9 Å². The minimum atomic E-state index is -0.428. The Kier molecular flexibility index (Phi) is 4.04. The molecular formula is C20H23NO4. The van der Waals surface area contributed by atoms with Gasteiger partial charge in [0.25, 0.3) is 0 Å². The lowest BCUT2D eigenvalue weighted by atomic mass is 10.00. The van der Waals surface area contributed by atoms with E-state index >= 15 is 0 Å². The van der Waals surface area contributed by atoms with Crippen LogP contribution in [-0.2, 0) is 0 Å². The van der Waals surface area contributed by atoms with E-state index in [0.717, 1.165) is 30.6 Å². The third kappa shape index (κ3) is 3.29. The standard InChI is InChI=1S/C20H23NO4/c1-20(2)8-7-15-18-14(5-6-17(22)24-18)13-16(19(15)25-20)23-12-11-21-9-3-4-10-21/h5-8,13H,3-4,9-12H2,1-2H3. The molecule has 1 fully saturated rings.